The van der Waals surface area contributed by atoms with E-state index in [0.717, 1.165) is 0 Å². The number of ether oxygens (including phenoxy) is 1. The van der Waals surface area contributed by atoms with Gasteiger partial charge in [0.05, 0.1) is 4.47 Å². The van der Waals surface area contributed by atoms with E-state index in [9.17, 15) is 22.0 Å². The predicted molar refractivity (Wildman–Crippen MR) is 48.3 cm³/mol. The molecular weight excluding hydrogens is 315 g/mol. The Hall–Kier alpha value is -1.43. The van der Waals surface area contributed by atoms with Gasteiger partial charge in [0.2, 0.25) is 0 Å². The summed E-state index contributed by atoms with van der Waals surface area (Å²) in [4.78, 5) is 3.07. The molecule has 1 heterocycles. The summed E-state index contributed by atoms with van der Waals surface area (Å²) in [7, 11) is 0. The monoisotopic (exact) mass is 316 g/mol. The van der Waals surface area contributed by atoms with E-state index in [4.69, 9.17) is 5.26 Å². The van der Waals surface area contributed by atoms with Gasteiger partial charge in [-0.05, 0) is 22.0 Å². The first kappa shape index (κ1) is 13.6. The summed E-state index contributed by atoms with van der Waals surface area (Å²) in [5, 5.41) is 8.52. The molecule has 0 amide bonds. The van der Waals surface area contributed by atoms with E-state index >= 15 is 0 Å². The van der Waals surface area contributed by atoms with Gasteiger partial charge in [0.25, 0.3) is 6.43 Å². The van der Waals surface area contributed by atoms with E-state index in [2.05, 4.69) is 25.7 Å². The van der Waals surface area contributed by atoms with Crippen molar-refractivity contribution in [2.24, 2.45) is 0 Å². The summed E-state index contributed by atoms with van der Waals surface area (Å²) in [6.07, 6.45) is -8.04. The van der Waals surface area contributed by atoms with Crippen LogP contribution in [0.1, 0.15) is 17.8 Å². The van der Waals surface area contributed by atoms with Gasteiger partial charge in [-0.15, -0.1) is 13.2 Å². The largest absolute Gasteiger partial charge is 0.573 e. The Kier molecular flexibility index (Phi) is 3.87. The quantitative estimate of drug-likeness (QED) is 0.784. The van der Waals surface area contributed by atoms with E-state index in [0.29, 0.717) is 6.07 Å². The second-order valence-corrected chi connectivity index (χ2v) is 3.52. The number of hydrogen-bond acceptors (Lipinski definition) is 3. The Balaban J connectivity index is 3.28. The molecule has 0 aliphatic heterocycles. The molecule has 0 bridgehead atoms. The molecule has 1 rings (SSSR count). The third kappa shape index (κ3) is 3.52. The second kappa shape index (κ2) is 4.83. The van der Waals surface area contributed by atoms with Crippen LogP contribution in [0.3, 0.4) is 0 Å². The molecule has 1 aromatic heterocycles. The summed E-state index contributed by atoms with van der Waals surface area (Å²) < 4.78 is 63.6. The lowest BCUT2D eigenvalue weighted by Crippen LogP contribution is -2.18. The van der Waals surface area contributed by atoms with Gasteiger partial charge in [-0.25, -0.2) is 13.8 Å². The van der Waals surface area contributed by atoms with E-state index in [1.54, 1.807) is 0 Å². The first-order valence-electron chi connectivity index (χ1n) is 3.89. The molecular formula is C8H2BrF5N2O. The second-order valence-electron chi connectivity index (χ2n) is 2.67. The molecule has 0 radical (unpaired) electrons. The van der Waals surface area contributed by atoms with Crippen molar-refractivity contribution >= 4 is 15.9 Å². The third-order valence-corrected chi connectivity index (χ3v) is 2.08. The SMILES string of the molecule is N#Cc1nc(C(F)F)cc(Br)c1OC(F)(F)F. The van der Waals surface area contributed by atoms with Crippen LogP contribution in [-0.4, -0.2) is 11.3 Å². The van der Waals surface area contributed by atoms with E-state index in [-0.39, 0.29) is 0 Å². The van der Waals surface area contributed by atoms with Crippen molar-refractivity contribution < 1.29 is 26.7 Å². The Morgan fingerprint density at radius 3 is 2.41 bits per heavy atom. The summed E-state index contributed by atoms with van der Waals surface area (Å²) >= 11 is 2.61. The number of halogens is 6. The van der Waals surface area contributed by atoms with Crippen LogP contribution in [0.4, 0.5) is 22.0 Å². The fourth-order valence-electron chi connectivity index (χ4n) is 0.921. The van der Waals surface area contributed by atoms with Crippen molar-refractivity contribution in [2.75, 3.05) is 0 Å². The normalized spacial score (nSPS) is 11.4. The zero-order chi connectivity index (χ0) is 13.2. The van der Waals surface area contributed by atoms with Crippen LogP contribution in [0.15, 0.2) is 10.5 Å². The van der Waals surface area contributed by atoms with E-state index < -0.39 is 34.4 Å². The molecule has 3 nitrogen and oxygen atoms in total. The molecule has 1 aromatic rings. The van der Waals surface area contributed by atoms with Crippen LogP contribution < -0.4 is 4.74 Å². The number of hydrogen-bond donors (Lipinski definition) is 0. The predicted octanol–water partition coefficient (Wildman–Crippen LogP) is 3.55. The van der Waals surface area contributed by atoms with Crippen LogP contribution in [0.25, 0.3) is 0 Å². The summed E-state index contributed by atoms with van der Waals surface area (Å²) in [5.74, 6) is -0.940. The van der Waals surface area contributed by atoms with Gasteiger partial charge in [-0.3, -0.25) is 0 Å². The molecule has 0 saturated heterocycles. The zero-order valence-corrected chi connectivity index (χ0v) is 9.31. The molecule has 0 atom stereocenters. The van der Waals surface area contributed by atoms with Gasteiger partial charge < -0.3 is 4.74 Å². The zero-order valence-electron chi connectivity index (χ0n) is 7.73. The van der Waals surface area contributed by atoms with Crippen molar-refractivity contribution in [1.29, 1.82) is 5.26 Å². The number of alkyl halides is 5. The number of nitrogens with zero attached hydrogens (tertiary/aromatic N) is 2. The lowest BCUT2D eigenvalue weighted by atomic mass is 10.3. The van der Waals surface area contributed by atoms with Crippen molar-refractivity contribution in [3.8, 4) is 11.8 Å². The number of pyridine rings is 1. The smallest absolute Gasteiger partial charge is 0.401 e. The average Bonchev–Trinajstić information content (AvgIpc) is 2.18. The Bertz CT molecular complexity index is 468. The highest BCUT2D eigenvalue weighted by Crippen LogP contribution is 2.34. The van der Waals surface area contributed by atoms with Gasteiger partial charge in [0.1, 0.15) is 11.8 Å². The van der Waals surface area contributed by atoms with Crippen molar-refractivity contribution in [3.63, 3.8) is 0 Å². The highest BCUT2D eigenvalue weighted by atomic mass is 79.9. The molecule has 0 aliphatic carbocycles. The molecule has 0 saturated carbocycles. The molecule has 0 fully saturated rings. The molecule has 0 unspecified atom stereocenters. The highest BCUT2D eigenvalue weighted by molar-refractivity contribution is 9.10. The molecule has 17 heavy (non-hydrogen) atoms. The number of nitriles is 1. The van der Waals surface area contributed by atoms with Crippen LogP contribution in [0, 0.1) is 11.3 Å². The Morgan fingerprint density at radius 2 is 2.00 bits per heavy atom. The van der Waals surface area contributed by atoms with E-state index in [1.807, 2.05) is 0 Å². The minimum Gasteiger partial charge on any atom is -0.401 e. The van der Waals surface area contributed by atoms with Gasteiger partial charge in [-0.1, -0.05) is 0 Å². The maximum absolute atomic E-state index is 12.3. The Labute approximate surface area is 99.9 Å². The first-order chi connectivity index (χ1) is 7.74. The van der Waals surface area contributed by atoms with Crippen molar-refractivity contribution in [2.45, 2.75) is 12.8 Å². The van der Waals surface area contributed by atoms with E-state index in [1.165, 1.54) is 6.07 Å². The fraction of sp³-hybridized carbons (Fsp3) is 0.250. The molecule has 0 aromatic carbocycles. The lowest BCUT2D eigenvalue weighted by molar-refractivity contribution is -0.275. The summed E-state index contributed by atoms with van der Waals surface area (Å²) in [6.45, 7) is 0. The minimum absolute atomic E-state index is 0.420. The van der Waals surface area contributed by atoms with Crippen molar-refractivity contribution in [1.82, 2.24) is 4.98 Å². The fourth-order valence-corrected chi connectivity index (χ4v) is 1.42. The van der Waals surface area contributed by atoms with Gasteiger partial charge in [0, 0.05) is 0 Å². The van der Waals surface area contributed by atoms with Crippen LogP contribution in [0.5, 0.6) is 5.75 Å². The van der Waals surface area contributed by atoms with Crippen molar-refractivity contribution in [3.05, 3.63) is 21.9 Å². The number of aromatic nitrogens is 1. The minimum atomic E-state index is -5.04. The average molecular weight is 317 g/mol. The van der Waals surface area contributed by atoms with Crippen LogP contribution in [0.2, 0.25) is 0 Å². The maximum atomic E-state index is 12.3. The topological polar surface area (TPSA) is 45.9 Å². The van der Waals surface area contributed by atoms with Gasteiger partial charge in [-0.2, -0.15) is 5.26 Å². The van der Waals surface area contributed by atoms with Gasteiger partial charge in [0.15, 0.2) is 11.4 Å². The standard InChI is InChI=1S/C8H2BrF5N2O/c9-3-1-4(7(10)11)16-5(2-15)6(3)17-8(12,13)14/h1,7H. The maximum Gasteiger partial charge on any atom is 0.573 e. The molecule has 9 heteroatoms. The van der Waals surface area contributed by atoms with Gasteiger partial charge >= 0.3 is 6.36 Å². The summed E-state index contributed by atoms with van der Waals surface area (Å²) in [6, 6.07) is 1.91. The highest BCUT2D eigenvalue weighted by Gasteiger charge is 2.34. The Morgan fingerprint density at radius 1 is 1.41 bits per heavy atom. The van der Waals surface area contributed by atoms with Crippen LogP contribution in [-0.2, 0) is 0 Å². The molecule has 0 aliphatic rings. The first-order valence-corrected chi connectivity index (χ1v) is 4.68. The molecule has 0 N–H and O–H groups in total. The molecule has 0 spiro atoms. The lowest BCUT2D eigenvalue weighted by Gasteiger charge is -2.12. The van der Waals surface area contributed by atoms with Crippen LogP contribution >= 0.6 is 15.9 Å². The number of rotatable bonds is 2. The summed E-state index contributed by atoms with van der Waals surface area (Å²) in [5.41, 5.74) is -1.69. The molecule has 92 valence electrons. The third-order valence-electron chi connectivity index (χ3n) is 1.49.